The number of hydrogen-bond donors (Lipinski definition) is 2. The van der Waals surface area contributed by atoms with Crippen molar-refractivity contribution in [2.75, 3.05) is 0 Å². The van der Waals surface area contributed by atoms with Gasteiger partial charge in [-0.2, -0.15) is 0 Å². The Morgan fingerprint density at radius 2 is 1.95 bits per heavy atom. The van der Waals surface area contributed by atoms with Crippen molar-refractivity contribution in [3.63, 3.8) is 0 Å². The second kappa shape index (κ2) is 7.26. The van der Waals surface area contributed by atoms with Crippen molar-refractivity contribution in [2.45, 2.75) is 45.9 Å². The van der Waals surface area contributed by atoms with Gasteiger partial charge in [0.05, 0.1) is 0 Å². The van der Waals surface area contributed by atoms with Crippen molar-refractivity contribution < 1.29 is 14.6 Å². The Morgan fingerprint density at radius 1 is 1.35 bits per heavy atom. The number of nitrogens with one attached hydrogen (secondary N) is 1. The molecular weight excluding hydrogens is 369 g/mol. The fourth-order valence-corrected chi connectivity index (χ4v) is 2.77. The molecule has 1 rings (SSSR count). The maximum absolute atomic E-state index is 11.8. The molecule has 1 atom stereocenters. The second-order valence-electron chi connectivity index (χ2n) is 5.55. The topological polar surface area (TPSA) is 58.6 Å². The molecular formula is C15H22INO3. The molecule has 0 saturated carbocycles. The van der Waals surface area contributed by atoms with Gasteiger partial charge in [0.1, 0.15) is 0 Å². The van der Waals surface area contributed by atoms with Crippen LogP contribution in [0.5, 0.6) is 0 Å². The first-order valence-electron chi connectivity index (χ1n) is 6.71. The Balaban J connectivity index is 3.04. The highest BCUT2D eigenvalue weighted by atomic mass is 127. The number of aliphatic hydroxyl groups is 1. The third kappa shape index (κ3) is 4.94. The predicted octanol–water partition coefficient (Wildman–Crippen LogP) is 3.62. The Hall–Kier alpha value is -0.820. The van der Waals surface area contributed by atoms with Crippen LogP contribution in [0.4, 0.5) is 4.79 Å². The Kier molecular flexibility index (Phi) is 6.26. The van der Waals surface area contributed by atoms with E-state index in [0.717, 1.165) is 3.57 Å². The molecule has 5 heteroatoms. The van der Waals surface area contributed by atoms with Crippen molar-refractivity contribution in [1.82, 2.24) is 5.32 Å². The van der Waals surface area contributed by atoms with Gasteiger partial charge < -0.3 is 15.2 Å². The van der Waals surface area contributed by atoms with E-state index in [-0.39, 0.29) is 12.0 Å². The Morgan fingerprint density at radius 3 is 2.45 bits per heavy atom. The Labute approximate surface area is 134 Å². The van der Waals surface area contributed by atoms with Gasteiger partial charge in [0, 0.05) is 21.6 Å². The highest BCUT2D eigenvalue weighted by molar-refractivity contribution is 14.1. The van der Waals surface area contributed by atoms with Crippen LogP contribution in [0, 0.1) is 9.49 Å². The van der Waals surface area contributed by atoms with E-state index in [2.05, 4.69) is 27.9 Å². The summed E-state index contributed by atoms with van der Waals surface area (Å²) in [6, 6.07) is 7.33. The van der Waals surface area contributed by atoms with E-state index >= 15 is 0 Å². The van der Waals surface area contributed by atoms with E-state index in [1.165, 1.54) is 0 Å². The summed E-state index contributed by atoms with van der Waals surface area (Å²) in [6.07, 6.45) is -0.263. The van der Waals surface area contributed by atoms with Crippen molar-refractivity contribution in [3.05, 3.63) is 33.4 Å². The standard InChI is InChI=1S/C15H22INO3/c1-10(2)9-15(19,20-14(18)17-11(3)4)12-7-5-6-8-13(12)16/h5-8,10-11,19H,9H2,1-4H3,(H,17,18)/t15-/m0/s1. The minimum absolute atomic E-state index is 0.0411. The minimum Gasteiger partial charge on any atom is -0.413 e. The van der Waals surface area contributed by atoms with Crippen LogP contribution in [0.25, 0.3) is 0 Å². The zero-order valence-corrected chi connectivity index (χ0v) is 14.5. The van der Waals surface area contributed by atoms with Gasteiger partial charge in [0.25, 0.3) is 0 Å². The van der Waals surface area contributed by atoms with Gasteiger partial charge in [-0.3, -0.25) is 0 Å². The summed E-state index contributed by atoms with van der Waals surface area (Å²) in [5, 5.41) is 13.5. The molecule has 1 amide bonds. The lowest BCUT2D eigenvalue weighted by molar-refractivity contribution is -0.181. The summed E-state index contributed by atoms with van der Waals surface area (Å²) in [5.41, 5.74) is 0.619. The van der Waals surface area contributed by atoms with Gasteiger partial charge in [-0.15, -0.1) is 0 Å². The van der Waals surface area contributed by atoms with Crippen molar-refractivity contribution in [2.24, 2.45) is 5.92 Å². The number of benzene rings is 1. The van der Waals surface area contributed by atoms with Crippen LogP contribution < -0.4 is 5.32 Å². The molecule has 0 aliphatic rings. The van der Waals surface area contributed by atoms with Crippen LogP contribution in [0.2, 0.25) is 0 Å². The third-order valence-corrected chi connectivity index (χ3v) is 3.59. The number of alkyl carbamates (subject to hydrolysis) is 1. The van der Waals surface area contributed by atoms with E-state index in [1.54, 1.807) is 6.07 Å². The maximum atomic E-state index is 11.8. The zero-order valence-electron chi connectivity index (χ0n) is 12.3. The molecule has 20 heavy (non-hydrogen) atoms. The Bertz CT molecular complexity index is 462. The molecule has 0 bridgehead atoms. The molecule has 0 spiro atoms. The lowest BCUT2D eigenvalue weighted by Crippen LogP contribution is -2.40. The molecule has 0 fully saturated rings. The van der Waals surface area contributed by atoms with Gasteiger partial charge in [-0.1, -0.05) is 32.0 Å². The number of hydrogen-bond acceptors (Lipinski definition) is 3. The molecule has 0 saturated heterocycles. The largest absolute Gasteiger partial charge is 0.413 e. The van der Waals surface area contributed by atoms with Gasteiger partial charge in [0.2, 0.25) is 5.79 Å². The summed E-state index contributed by atoms with van der Waals surface area (Å²) in [5.74, 6) is -1.42. The summed E-state index contributed by atoms with van der Waals surface area (Å²) >= 11 is 2.13. The molecule has 112 valence electrons. The molecule has 4 nitrogen and oxygen atoms in total. The normalized spacial score (nSPS) is 14.2. The molecule has 0 aromatic heterocycles. The van der Waals surface area contributed by atoms with Crippen LogP contribution in [-0.2, 0) is 10.5 Å². The molecule has 0 unspecified atom stereocenters. The first kappa shape index (κ1) is 17.2. The van der Waals surface area contributed by atoms with Crippen LogP contribution in [0.15, 0.2) is 24.3 Å². The van der Waals surface area contributed by atoms with Crippen LogP contribution in [-0.4, -0.2) is 17.2 Å². The predicted molar refractivity (Wildman–Crippen MR) is 87.3 cm³/mol. The molecule has 2 N–H and O–H groups in total. The first-order valence-corrected chi connectivity index (χ1v) is 7.79. The van der Waals surface area contributed by atoms with Crippen LogP contribution >= 0.6 is 22.6 Å². The molecule has 0 aliphatic heterocycles. The third-order valence-electron chi connectivity index (χ3n) is 2.65. The van der Waals surface area contributed by atoms with Crippen LogP contribution in [0.3, 0.4) is 0 Å². The van der Waals surface area contributed by atoms with Gasteiger partial charge in [-0.25, -0.2) is 4.79 Å². The van der Waals surface area contributed by atoms with E-state index in [0.29, 0.717) is 12.0 Å². The fraction of sp³-hybridized carbons (Fsp3) is 0.533. The number of rotatable bonds is 5. The average Bonchev–Trinajstić information content (AvgIpc) is 2.26. The monoisotopic (exact) mass is 391 g/mol. The highest BCUT2D eigenvalue weighted by Crippen LogP contribution is 2.33. The lowest BCUT2D eigenvalue weighted by Gasteiger charge is -2.31. The summed E-state index contributed by atoms with van der Waals surface area (Å²) in [7, 11) is 0. The van der Waals surface area contributed by atoms with Gasteiger partial charge >= 0.3 is 6.09 Å². The van der Waals surface area contributed by atoms with Crippen molar-refractivity contribution in [3.8, 4) is 0 Å². The van der Waals surface area contributed by atoms with Crippen LogP contribution in [0.1, 0.15) is 39.7 Å². The highest BCUT2D eigenvalue weighted by Gasteiger charge is 2.36. The van der Waals surface area contributed by atoms with E-state index < -0.39 is 11.9 Å². The van der Waals surface area contributed by atoms with Crippen molar-refractivity contribution >= 4 is 28.7 Å². The average molecular weight is 391 g/mol. The number of carbonyl (C=O) groups excluding carboxylic acids is 1. The minimum atomic E-state index is -1.61. The molecule has 1 aromatic carbocycles. The molecule has 0 heterocycles. The number of halogens is 1. The quantitative estimate of drug-likeness (QED) is 0.596. The van der Waals surface area contributed by atoms with Crippen molar-refractivity contribution in [1.29, 1.82) is 0 Å². The van der Waals surface area contributed by atoms with E-state index in [9.17, 15) is 9.90 Å². The van der Waals surface area contributed by atoms with E-state index in [4.69, 9.17) is 4.74 Å². The number of ether oxygens (including phenoxy) is 1. The maximum Gasteiger partial charge on any atom is 0.410 e. The lowest BCUT2D eigenvalue weighted by atomic mass is 9.96. The second-order valence-corrected chi connectivity index (χ2v) is 6.71. The van der Waals surface area contributed by atoms with Gasteiger partial charge in [0.15, 0.2) is 0 Å². The molecule has 0 radical (unpaired) electrons. The summed E-state index contributed by atoms with van der Waals surface area (Å²) in [6.45, 7) is 7.64. The summed E-state index contributed by atoms with van der Waals surface area (Å²) in [4.78, 5) is 11.8. The molecule has 1 aromatic rings. The smallest absolute Gasteiger partial charge is 0.410 e. The zero-order chi connectivity index (χ0) is 15.3. The van der Waals surface area contributed by atoms with Gasteiger partial charge in [-0.05, 0) is 48.4 Å². The molecule has 0 aliphatic carbocycles. The fourth-order valence-electron chi connectivity index (χ4n) is 1.96. The van der Waals surface area contributed by atoms with E-state index in [1.807, 2.05) is 45.9 Å². The summed E-state index contributed by atoms with van der Waals surface area (Å²) < 4.78 is 6.19. The number of carbonyl (C=O) groups is 1. The number of amides is 1. The first-order chi connectivity index (χ1) is 9.24. The SMILES string of the molecule is CC(C)C[C@](O)(OC(=O)NC(C)C)c1ccccc1I.